The molecule has 0 aliphatic rings. The van der Waals surface area contributed by atoms with E-state index in [1.807, 2.05) is 0 Å². The lowest BCUT2D eigenvalue weighted by molar-refractivity contribution is 1.64. The van der Waals surface area contributed by atoms with Gasteiger partial charge in [-0.25, -0.2) is 4.85 Å². The van der Waals surface area contributed by atoms with E-state index < -0.39 is 0 Å². The van der Waals surface area contributed by atoms with Crippen molar-refractivity contribution in [2.75, 3.05) is 5.73 Å². The minimum Gasteiger partial charge on any atom is -0.400 e. The van der Waals surface area contributed by atoms with Crippen LogP contribution < -0.4 is 5.73 Å². The van der Waals surface area contributed by atoms with Crippen LogP contribution in [0.2, 0.25) is 0 Å². The van der Waals surface area contributed by atoms with Crippen molar-refractivity contribution in [2.45, 2.75) is 0 Å². The molecular weight excluding hydrogens is 192 g/mol. The highest BCUT2D eigenvalue weighted by Gasteiger charge is 1.93. The van der Waals surface area contributed by atoms with Crippen LogP contribution in [0.5, 0.6) is 0 Å². The zero-order valence-electron chi connectivity index (χ0n) is 5.13. The van der Waals surface area contributed by atoms with Gasteiger partial charge in [-0.15, -0.1) is 0 Å². The second kappa shape index (κ2) is 2.72. The summed E-state index contributed by atoms with van der Waals surface area (Å²) in [6.07, 6.45) is 0. The summed E-state index contributed by atoms with van der Waals surface area (Å²) in [6, 6.07) is 5.12. The van der Waals surface area contributed by atoms with Crippen molar-refractivity contribution < 1.29 is 0 Å². The predicted molar refractivity (Wildman–Crippen MR) is 44.8 cm³/mol. The third-order valence-corrected chi connectivity index (χ3v) is 1.49. The van der Waals surface area contributed by atoms with Crippen LogP contribution in [0.1, 0.15) is 0 Å². The van der Waals surface area contributed by atoms with E-state index in [9.17, 15) is 0 Å². The second-order valence-electron chi connectivity index (χ2n) is 1.85. The number of halogens is 1. The number of hydrogen-bond acceptors (Lipinski definition) is 1. The summed E-state index contributed by atoms with van der Waals surface area (Å²) in [6.45, 7) is 6.69. The van der Waals surface area contributed by atoms with Crippen LogP contribution in [0.3, 0.4) is 0 Å². The molecule has 0 spiro atoms. The Kier molecular flexibility index (Phi) is 1.93. The van der Waals surface area contributed by atoms with Gasteiger partial charge in [-0.1, -0.05) is 15.9 Å². The first kappa shape index (κ1) is 7.10. The van der Waals surface area contributed by atoms with Crippen LogP contribution in [0.15, 0.2) is 22.7 Å². The van der Waals surface area contributed by atoms with Crippen LogP contribution in [0.25, 0.3) is 4.85 Å². The van der Waals surface area contributed by atoms with E-state index in [2.05, 4.69) is 20.8 Å². The summed E-state index contributed by atoms with van der Waals surface area (Å²) >= 11 is 3.23. The van der Waals surface area contributed by atoms with Gasteiger partial charge in [-0.05, 0) is 18.2 Å². The van der Waals surface area contributed by atoms with Gasteiger partial charge in [0.2, 0.25) is 0 Å². The van der Waals surface area contributed by atoms with Gasteiger partial charge < -0.3 is 5.73 Å². The van der Waals surface area contributed by atoms with Crippen LogP contribution in [0.4, 0.5) is 11.4 Å². The molecule has 0 aliphatic carbocycles. The number of rotatable bonds is 0. The molecule has 0 heterocycles. The number of nitrogens with two attached hydrogens (primary N) is 1. The highest BCUT2D eigenvalue weighted by atomic mass is 79.9. The number of hydrogen-bond donors (Lipinski definition) is 1. The Balaban J connectivity index is 3.22. The molecule has 0 aromatic heterocycles. The Morgan fingerprint density at radius 1 is 1.40 bits per heavy atom. The molecule has 0 aliphatic heterocycles. The predicted octanol–water partition coefficient (Wildman–Crippen LogP) is 2.58. The maximum absolute atomic E-state index is 6.69. The van der Waals surface area contributed by atoms with Gasteiger partial charge >= 0.3 is 0 Å². The van der Waals surface area contributed by atoms with Gasteiger partial charge in [0.1, 0.15) is 0 Å². The Bertz CT molecular complexity index is 268. The molecule has 0 bridgehead atoms. The Hall–Kier alpha value is -1.01. The Morgan fingerprint density at radius 2 is 2.10 bits per heavy atom. The summed E-state index contributed by atoms with van der Waals surface area (Å²) in [7, 11) is 0. The minimum atomic E-state index is 0.562. The molecule has 3 heteroatoms. The van der Waals surface area contributed by atoms with Gasteiger partial charge in [-0.3, -0.25) is 0 Å². The minimum absolute atomic E-state index is 0.562. The lowest BCUT2D eigenvalue weighted by Gasteiger charge is -1.94. The lowest BCUT2D eigenvalue weighted by Crippen LogP contribution is -1.81. The van der Waals surface area contributed by atoms with E-state index in [0.717, 1.165) is 4.47 Å². The number of anilines is 1. The van der Waals surface area contributed by atoms with Crippen LogP contribution >= 0.6 is 15.9 Å². The number of nitrogens with zero attached hydrogens (tertiary/aromatic N) is 1. The molecule has 0 atom stereocenters. The zero-order valence-corrected chi connectivity index (χ0v) is 6.72. The molecule has 1 aromatic rings. The largest absolute Gasteiger partial charge is 0.400 e. The summed E-state index contributed by atoms with van der Waals surface area (Å²) < 4.78 is 0.846. The summed E-state index contributed by atoms with van der Waals surface area (Å²) in [5.74, 6) is 0. The quantitative estimate of drug-likeness (QED) is 0.502. The topological polar surface area (TPSA) is 30.4 Å². The third kappa shape index (κ3) is 1.49. The summed E-state index contributed by atoms with van der Waals surface area (Å²) in [4.78, 5) is 3.23. The van der Waals surface area contributed by atoms with Gasteiger partial charge in [0, 0.05) is 10.2 Å². The second-order valence-corrected chi connectivity index (χ2v) is 2.77. The van der Waals surface area contributed by atoms with E-state index in [-0.39, 0.29) is 0 Å². The molecular formula is C7H5BrN2. The summed E-state index contributed by atoms with van der Waals surface area (Å²) in [5, 5.41) is 0. The zero-order chi connectivity index (χ0) is 7.56. The molecule has 0 fully saturated rings. The Labute approximate surface area is 67.6 Å². The van der Waals surface area contributed by atoms with Crippen molar-refractivity contribution in [1.82, 2.24) is 0 Å². The first-order valence-electron chi connectivity index (χ1n) is 2.66. The van der Waals surface area contributed by atoms with Crippen molar-refractivity contribution in [3.8, 4) is 0 Å². The van der Waals surface area contributed by atoms with Gasteiger partial charge in [0.05, 0.1) is 6.57 Å². The molecule has 1 rings (SSSR count). The maximum Gasteiger partial charge on any atom is 0.190 e. The van der Waals surface area contributed by atoms with E-state index in [1.54, 1.807) is 18.2 Å². The van der Waals surface area contributed by atoms with Crippen LogP contribution in [-0.4, -0.2) is 0 Å². The molecule has 50 valence electrons. The highest BCUT2D eigenvalue weighted by Crippen LogP contribution is 2.22. The third-order valence-electron chi connectivity index (χ3n) is 1.03. The molecule has 0 saturated heterocycles. The molecule has 0 radical (unpaired) electrons. The van der Waals surface area contributed by atoms with E-state index in [1.165, 1.54) is 0 Å². The van der Waals surface area contributed by atoms with Gasteiger partial charge in [0.25, 0.3) is 0 Å². The molecule has 0 unspecified atom stereocenters. The Morgan fingerprint density at radius 3 is 2.60 bits per heavy atom. The molecule has 0 saturated carbocycles. The number of benzene rings is 1. The monoisotopic (exact) mass is 196 g/mol. The van der Waals surface area contributed by atoms with E-state index >= 15 is 0 Å². The first-order valence-corrected chi connectivity index (χ1v) is 3.45. The fourth-order valence-electron chi connectivity index (χ4n) is 0.661. The smallest absolute Gasteiger partial charge is 0.190 e. The van der Waals surface area contributed by atoms with Crippen LogP contribution in [0, 0.1) is 6.57 Å². The standard InChI is InChI=1S/C7H5BrN2/c1-10-7-3-5(8)2-6(9)4-7/h2-4H,9H2. The summed E-state index contributed by atoms with van der Waals surface area (Å²) in [5.41, 5.74) is 6.64. The fraction of sp³-hybridized carbons (Fsp3) is 0. The average molecular weight is 197 g/mol. The SMILES string of the molecule is [C-]#[N+]c1cc(N)cc(Br)c1. The molecule has 10 heavy (non-hydrogen) atoms. The maximum atomic E-state index is 6.69. The molecule has 2 N–H and O–H groups in total. The van der Waals surface area contributed by atoms with E-state index in [0.29, 0.717) is 11.4 Å². The lowest BCUT2D eigenvalue weighted by atomic mass is 10.3. The molecule has 1 aromatic carbocycles. The van der Waals surface area contributed by atoms with Crippen molar-refractivity contribution in [1.29, 1.82) is 0 Å². The van der Waals surface area contributed by atoms with Crippen LogP contribution in [-0.2, 0) is 0 Å². The highest BCUT2D eigenvalue weighted by molar-refractivity contribution is 9.10. The van der Waals surface area contributed by atoms with E-state index in [4.69, 9.17) is 12.3 Å². The molecule has 2 nitrogen and oxygen atoms in total. The van der Waals surface area contributed by atoms with Crippen molar-refractivity contribution in [3.63, 3.8) is 0 Å². The van der Waals surface area contributed by atoms with Crippen molar-refractivity contribution in [2.24, 2.45) is 0 Å². The first-order chi connectivity index (χ1) is 4.72. The number of nitrogen functional groups attached to an aromatic ring is 1. The normalized spacial score (nSPS) is 8.80. The van der Waals surface area contributed by atoms with Gasteiger partial charge in [0.15, 0.2) is 5.69 Å². The molecule has 0 amide bonds. The van der Waals surface area contributed by atoms with Crippen molar-refractivity contribution >= 4 is 27.3 Å². The van der Waals surface area contributed by atoms with Crippen molar-refractivity contribution in [3.05, 3.63) is 34.1 Å². The average Bonchev–Trinajstić information content (AvgIpc) is 1.85. The fourth-order valence-corrected chi connectivity index (χ4v) is 1.16. The van der Waals surface area contributed by atoms with Gasteiger partial charge in [-0.2, -0.15) is 0 Å².